The number of thiazole rings is 1. The second-order valence-corrected chi connectivity index (χ2v) is 5.52. The van der Waals surface area contributed by atoms with Crippen molar-refractivity contribution in [3.05, 3.63) is 58.7 Å². The van der Waals surface area contributed by atoms with Gasteiger partial charge in [0.15, 0.2) is 0 Å². The number of benzene rings is 2. The highest BCUT2D eigenvalue weighted by Crippen LogP contribution is 2.32. The predicted molar refractivity (Wildman–Crippen MR) is 82.4 cm³/mol. The largest absolute Gasteiger partial charge is 0.398 e. The van der Waals surface area contributed by atoms with E-state index in [0.717, 1.165) is 21.8 Å². The number of aromatic nitrogens is 1. The van der Waals surface area contributed by atoms with E-state index < -0.39 is 5.82 Å². The summed E-state index contributed by atoms with van der Waals surface area (Å²) in [7, 11) is 0. The van der Waals surface area contributed by atoms with Crippen LogP contribution in [0.15, 0.2) is 47.8 Å². The van der Waals surface area contributed by atoms with Crippen molar-refractivity contribution in [1.82, 2.24) is 4.98 Å². The fourth-order valence-corrected chi connectivity index (χ4v) is 2.89. The monoisotopic (exact) mass is 304 g/mol. The Kier molecular flexibility index (Phi) is 3.42. The molecule has 5 heteroatoms. The standard InChI is InChI=1S/C15H10ClFN2S/c16-11-7-9(5-6-12(11)17)15-19-14(8-20-15)10-3-1-2-4-13(10)18/h1-8H,18H2. The molecule has 2 nitrogen and oxygen atoms in total. The number of rotatable bonds is 2. The van der Waals surface area contributed by atoms with Crippen molar-refractivity contribution in [2.45, 2.75) is 0 Å². The summed E-state index contributed by atoms with van der Waals surface area (Å²) >= 11 is 7.27. The number of nitrogens with zero attached hydrogens (tertiary/aromatic N) is 1. The zero-order valence-corrected chi connectivity index (χ0v) is 11.9. The summed E-state index contributed by atoms with van der Waals surface area (Å²) in [5.74, 6) is -0.431. The van der Waals surface area contributed by atoms with Crippen LogP contribution in [0.3, 0.4) is 0 Å². The highest BCUT2D eigenvalue weighted by molar-refractivity contribution is 7.13. The molecule has 100 valence electrons. The number of halogens is 2. The average molecular weight is 305 g/mol. The Bertz CT molecular complexity index is 770. The average Bonchev–Trinajstić information content (AvgIpc) is 2.92. The zero-order chi connectivity index (χ0) is 14.1. The van der Waals surface area contributed by atoms with Gasteiger partial charge in [-0.1, -0.05) is 29.8 Å². The molecule has 0 aliphatic rings. The second-order valence-electron chi connectivity index (χ2n) is 4.25. The minimum atomic E-state index is -0.431. The highest BCUT2D eigenvalue weighted by Gasteiger charge is 2.10. The van der Waals surface area contributed by atoms with Crippen LogP contribution >= 0.6 is 22.9 Å². The molecule has 3 aromatic rings. The minimum Gasteiger partial charge on any atom is -0.398 e. The number of nitrogens with two attached hydrogens (primary N) is 1. The van der Waals surface area contributed by atoms with Crippen LogP contribution < -0.4 is 5.73 Å². The summed E-state index contributed by atoms with van der Waals surface area (Å²) in [5, 5.41) is 2.81. The molecule has 2 N–H and O–H groups in total. The Morgan fingerprint density at radius 1 is 1.15 bits per heavy atom. The van der Waals surface area contributed by atoms with E-state index in [1.807, 2.05) is 29.6 Å². The van der Waals surface area contributed by atoms with Gasteiger partial charge in [-0.15, -0.1) is 11.3 Å². The third-order valence-corrected chi connectivity index (χ3v) is 4.09. The SMILES string of the molecule is Nc1ccccc1-c1csc(-c2ccc(F)c(Cl)c2)n1. The minimum absolute atomic E-state index is 0.0958. The van der Waals surface area contributed by atoms with E-state index >= 15 is 0 Å². The fourth-order valence-electron chi connectivity index (χ4n) is 1.89. The molecule has 0 unspecified atom stereocenters. The van der Waals surface area contributed by atoms with E-state index in [2.05, 4.69) is 4.98 Å². The number of para-hydroxylation sites is 1. The third kappa shape index (κ3) is 2.40. The van der Waals surface area contributed by atoms with Crippen molar-refractivity contribution < 1.29 is 4.39 Å². The molecule has 0 bridgehead atoms. The Labute approximate surface area is 124 Å². The zero-order valence-electron chi connectivity index (χ0n) is 10.3. The molecule has 1 aromatic heterocycles. The third-order valence-electron chi connectivity index (χ3n) is 2.91. The van der Waals surface area contributed by atoms with E-state index in [4.69, 9.17) is 17.3 Å². The van der Waals surface area contributed by atoms with Crippen LogP contribution in [0.2, 0.25) is 5.02 Å². The van der Waals surface area contributed by atoms with Gasteiger partial charge in [0.05, 0.1) is 10.7 Å². The lowest BCUT2D eigenvalue weighted by Gasteiger charge is -2.01. The molecule has 0 amide bonds. The molecule has 0 atom stereocenters. The molecule has 0 aliphatic carbocycles. The van der Waals surface area contributed by atoms with E-state index in [-0.39, 0.29) is 5.02 Å². The van der Waals surface area contributed by atoms with Crippen LogP contribution in [-0.4, -0.2) is 4.98 Å². The van der Waals surface area contributed by atoms with Crippen molar-refractivity contribution >= 4 is 28.6 Å². The van der Waals surface area contributed by atoms with Gasteiger partial charge in [0.2, 0.25) is 0 Å². The first-order valence-electron chi connectivity index (χ1n) is 5.91. The Hall–Kier alpha value is -1.91. The van der Waals surface area contributed by atoms with Crippen LogP contribution in [0.25, 0.3) is 21.8 Å². The molecule has 0 radical (unpaired) electrons. The van der Waals surface area contributed by atoms with Gasteiger partial charge in [0.25, 0.3) is 0 Å². The first-order chi connectivity index (χ1) is 9.65. The first kappa shape index (κ1) is 13.1. The normalized spacial score (nSPS) is 10.7. The molecule has 20 heavy (non-hydrogen) atoms. The second kappa shape index (κ2) is 5.23. The summed E-state index contributed by atoms with van der Waals surface area (Å²) in [6.07, 6.45) is 0. The number of hydrogen-bond donors (Lipinski definition) is 1. The van der Waals surface area contributed by atoms with Crippen LogP contribution in [-0.2, 0) is 0 Å². The van der Waals surface area contributed by atoms with Gasteiger partial charge in [-0.2, -0.15) is 0 Å². The Morgan fingerprint density at radius 3 is 2.70 bits per heavy atom. The molecule has 1 heterocycles. The molecular formula is C15H10ClFN2S. The van der Waals surface area contributed by atoms with Gasteiger partial charge >= 0.3 is 0 Å². The molecule has 3 rings (SSSR count). The molecule has 2 aromatic carbocycles. The van der Waals surface area contributed by atoms with Gasteiger partial charge in [0, 0.05) is 22.2 Å². The van der Waals surface area contributed by atoms with E-state index in [9.17, 15) is 4.39 Å². The lowest BCUT2D eigenvalue weighted by Crippen LogP contribution is -1.89. The maximum absolute atomic E-state index is 13.2. The van der Waals surface area contributed by atoms with Gasteiger partial charge in [0.1, 0.15) is 10.8 Å². The lowest BCUT2D eigenvalue weighted by molar-refractivity contribution is 0.628. The number of anilines is 1. The Balaban J connectivity index is 2.02. The summed E-state index contributed by atoms with van der Waals surface area (Å²) in [6, 6.07) is 12.1. The van der Waals surface area contributed by atoms with E-state index in [0.29, 0.717) is 5.69 Å². The van der Waals surface area contributed by atoms with E-state index in [1.165, 1.54) is 17.4 Å². The predicted octanol–water partition coefficient (Wildman–Crippen LogP) is 4.85. The lowest BCUT2D eigenvalue weighted by atomic mass is 10.1. The maximum Gasteiger partial charge on any atom is 0.141 e. The molecule has 0 aliphatic heterocycles. The van der Waals surface area contributed by atoms with Gasteiger partial charge in [-0.05, 0) is 24.3 Å². The quantitative estimate of drug-likeness (QED) is 0.687. The van der Waals surface area contributed by atoms with Crippen LogP contribution in [0.5, 0.6) is 0 Å². The number of nitrogen functional groups attached to an aromatic ring is 1. The Morgan fingerprint density at radius 2 is 1.95 bits per heavy atom. The smallest absolute Gasteiger partial charge is 0.141 e. The molecular weight excluding hydrogens is 295 g/mol. The molecule has 0 saturated heterocycles. The van der Waals surface area contributed by atoms with Crippen molar-refractivity contribution in [3.8, 4) is 21.8 Å². The summed E-state index contributed by atoms with van der Waals surface area (Å²) in [4.78, 5) is 4.54. The van der Waals surface area contributed by atoms with Crippen LogP contribution in [0.1, 0.15) is 0 Å². The maximum atomic E-state index is 13.2. The molecule has 0 spiro atoms. The van der Waals surface area contributed by atoms with Crippen molar-refractivity contribution in [2.75, 3.05) is 5.73 Å². The van der Waals surface area contributed by atoms with Gasteiger partial charge in [-0.25, -0.2) is 9.37 Å². The molecule has 0 saturated carbocycles. The first-order valence-corrected chi connectivity index (χ1v) is 7.17. The topological polar surface area (TPSA) is 38.9 Å². The highest BCUT2D eigenvalue weighted by atomic mass is 35.5. The van der Waals surface area contributed by atoms with Crippen LogP contribution in [0, 0.1) is 5.82 Å². The van der Waals surface area contributed by atoms with Crippen molar-refractivity contribution in [2.24, 2.45) is 0 Å². The van der Waals surface area contributed by atoms with Crippen molar-refractivity contribution in [1.29, 1.82) is 0 Å². The van der Waals surface area contributed by atoms with Crippen LogP contribution in [0.4, 0.5) is 10.1 Å². The molecule has 0 fully saturated rings. The van der Waals surface area contributed by atoms with Gasteiger partial charge in [-0.3, -0.25) is 0 Å². The van der Waals surface area contributed by atoms with Crippen molar-refractivity contribution in [3.63, 3.8) is 0 Å². The summed E-state index contributed by atoms with van der Waals surface area (Å²) in [6.45, 7) is 0. The summed E-state index contributed by atoms with van der Waals surface area (Å²) < 4.78 is 13.2. The summed E-state index contributed by atoms with van der Waals surface area (Å²) in [5.41, 5.74) is 9.11. The fraction of sp³-hybridized carbons (Fsp3) is 0. The van der Waals surface area contributed by atoms with E-state index in [1.54, 1.807) is 12.1 Å². The van der Waals surface area contributed by atoms with Gasteiger partial charge < -0.3 is 5.73 Å². The number of hydrogen-bond acceptors (Lipinski definition) is 3.